The molecule has 1 saturated heterocycles. The Bertz CT molecular complexity index is 631. The van der Waals surface area contributed by atoms with Crippen LogP contribution in [0.25, 0.3) is 0 Å². The molecule has 1 fully saturated rings. The van der Waals surface area contributed by atoms with Crippen LogP contribution in [0.5, 0.6) is 0 Å². The van der Waals surface area contributed by atoms with E-state index in [1.807, 2.05) is 13.0 Å². The second-order valence-electron chi connectivity index (χ2n) is 5.15. The van der Waals surface area contributed by atoms with Crippen LogP contribution in [0, 0.1) is 5.41 Å². The molecule has 1 atom stereocenters. The molecule has 1 aromatic carbocycles. The van der Waals surface area contributed by atoms with Gasteiger partial charge in [-0.1, -0.05) is 23.7 Å². The number of rotatable bonds is 3. The van der Waals surface area contributed by atoms with Gasteiger partial charge < -0.3 is 5.73 Å². The van der Waals surface area contributed by atoms with Gasteiger partial charge in [-0.3, -0.25) is 10.3 Å². The van der Waals surface area contributed by atoms with Crippen molar-refractivity contribution in [2.24, 2.45) is 5.73 Å². The monoisotopic (exact) mass is 315 g/mol. The lowest BCUT2D eigenvalue weighted by molar-refractivity contribution is 0.218. The van der Waals surface area contributed by atoms with Crippen molar-refractivity contribution < 1.29 is 8.42 Å². The minimum atomic E-state index is -2.90. The van der Waals surface area contributed by atoms with Gasteiger partial charge in [0.05, 0.1) is 11.5 Å². The van der Waals surface area contributed by atoms with Gasteiger partial charge in [-0.05, 0) is 18.6 Å². The first-order valence-corrected chi connectivity index (χ1v) is 8.56. The molecule has 1 unspecified atom stereocenters. The van der Waals surface area contributed by atoms with Crippen molar-refractivity contribution in [2.45, 2.75) is 19.5 Å². The molecule has 20 heavy (non-hydrogen) atoms. The van der Waals surface area contributed by atoms with Gasteiger partial charge >= 0.3 is 0 Å². The van der Waals surface area contributed by atoms with E-state index < -0.39 is 9.84 Å². The lowest BCUT2D eigenvalue weighted by Crippen LogP contribution is -2.46. The van der Waals surface area contributed by atoms with Crippen molar-refractivity contribution in [3.63, 3.8) is 0 Å². The van der Waals surface area contributed by atoms with Gasteiger partial charge in [0.1, 0.15) is 5.84 Å². The minimum Gasteiger partial charge on any atom is -0.384 e. The first-order chi connectivity index (χ1) is 9.28. The maximum Gasteiger partial charge on any atom is 0.153 e. The quantitative estimate of drug-likeness (QED) is 0.649. The summed E-state index contributed by atoms with van der Waals surface area (Å²) in [4.78, 5) is 2.11. The van der Waals surface area contributed by atoms with E-state index in [4.69, 9.17) is 22.7 Å². The molecule has 1 heterocycles. The van der Waals surface area contributed by atoms with Crippen LogP contribution in [0.1, 0.15) is 18.1 Å². The van der Waals surface area contributed by atoms with Gasteiger partial charge in [-0.2, -0.15) is 0 Å². The molecule has 0 amide bonds. The number of hydrogen-bond donors (Lipinski definition) is 2. The Morgan fingerprint density at radius 3 is 2.80 bits per heavy atom. The maximum absolute atomic E-state index is 11.6. The SMILES string of the molecule is CC1CS(=O)(=O)CCN1Cc1ccc(C(=N)N)cc1Cl. The first-order valence-electron chi connectivity index (χ1n) is 6.36. The molecule has 1 aliphatic rings. The van der Waals surface area contributed by atoms with Crippen molar-refractivity contribution >= 4 is 27.3 Å². The number of sulfone groups is 1. The summed E-state index contributed by atoms with van der Waals surface area (Å²) in [6.45, 7) is 3.04. The highest BCUT2D eigenvalue weighted by molar-refractivity contribution is 7.91. The zero-order chi connectivity index (χ0) is 14.9. The molecule has 0 aromatic heterocycles. The summed E-state index contributed by atoms with van der Waals surface area (Å²) in [5, 5.41) is 7.93. The molecule has 0 bridgehead atoms. The number of nitrogens with zero attached hydrogens (tertiary/aromatic N) is 1. The smallest absolute Gasteiger partial charge is 0.153 e. The van der Waals surface area contributed by atoms with Crippen LogP contribution in [0.15, 0.2) is 18.2 Å². The van der Waals surface area contributed by atoms with Crippen LogP contribution in [-0.4, -0.2) is 43.2 Å². The lowest BCUT2D eigenvalue weighted by atomic mass is 10.1. The van der Waals surface area contributed by atoms with Gasteiger partial charge in [0.25, 0.3) is 0 Å². The van der Waals surface area contributed by atoms with Gasteiger partial charge in [0.2, 0.25) is 0 Å². The Kier molecular flexibility index (Phi) is 4.36. The fourth-order valence-corrected chi connectivity index (χ4v) is 4.20. The van der Waals surface area contributed by atoms with Crippen LogP contribution in [0.3, 0.4) is 0 Å². The summed E-state index contributed by atoms with van der Waals surface area (Å²) in [7, 11) is -2.90. The average Bonchev–Trinajstić information content (AvgIpc) is 2.33. The maximum atomic E-state index is 11.6. The summed E-state index contributed by atoms with van der Waals surface area (Å²) in [6, 6.07) is 5.26. The number of nitrogens with one attached hydrogen (secondary N) is 1. The van der Waals surface area contributed by atoms with Crippen molar-refractivity contribution in [2.75, 3.05) is 18.1 Å². The Labute approximate surface area is 124 Å². The fraction of sp³-hybridized carbons (Fsp3) is 0.462. The predicted molar refractivity (Wildman–Crippen MR) is 81.0 cm³/mol. The van der Waals surface area contributed by atoms with E-state index in [0.29, 0.717) is 23.7 Å². The third-order valence-electron chi connectivity index (χ3n) is 3.55. The largest absolute Gasteiger partial charge is 0.384 e. The zero-order valence-corrected chi connectivity index (χ0v) is 12.8. The van der Waals surface area contributed by atoms with E-state index in [9.17, 15) is 8.42 Å². The molecule has 110 valence electrons. The van der Waals surface area contributed by atoms with Crippen LogP contribution in [-0.2, 0) is 16.4 Å². The average molecular weight is 316 g/mol. The summed E-state index contributed by atoms with van der Waals surface area (Å²) >= 11 is 6.20. The summed E-state index contributed by atoms with van der Waals surface area (Å²) in [6.07, 6.45) is 0. The van der Waals surface area contributed by atoms with E-state index in [1.54, 1.807) is 12.1 Å². The highest BCUT2D eigenvalue weighted by atomic mass is 35.5. The fourth-order valence-electron chi connectivity index (χ4n) is 2.33. The molecule has 0 spiro atoms. The molecule has 2 rings (SSSR count). The summed E-state index contributed by atoms with van der Waals surface area (Å²) in [5.41, 5.74) is 6.93. The topological polar surface area (TPSA) is 87.2 Å². The Morgan fingerprint density at radius 2 is 2.25 bits per heavy atom. The molecule has 0 aliphatic carbocycles. The molecule has 5 nitrogen and oxygen atoms in total. The number of nitrogens with two attached hydrogens (primary N) is 1. The van der Waals surface area contributed by atoms with E-state index in [1.165, 1.54) is 0 Å². The van der Waals surface area contributed by atoms with Crippen molar-refractivity contribution in [3.05, 3.63) is 34.3 Å². The van der Waals surface area contributed by atoms with Crippen LogP contribution in [0.4, 0.5) is 0 Å². The Morgan fingerprint density at radius 1 is 1.55 bits per heavy atom. The van der Waals surface area contributed by atoms with Gasteiger partial charge in [-0.25, -0.2) is 8.42 Å². The van der Waals surface area contributed by atoms with Crippen LogP contribution in [0.2, 0.25) is 5.02 Å². The van der Waals surface area contributed by atoms with E-state index in [0.717, 1.165) is 5.56 Å². The number of amidine groups is 1. The molecular formula is C13H18ClN3O2S. The standard InChI is InChI=1S/C13H18ClN3O2S/c1-9-8-20(18,19)5-4-17(9)7-11-3-2-10(13(15)16)6-12(11)14/h2-3,6,9H,4-5,7-8H2,1H3,(H3,15,16). The normalized spacial score (nSPS) is 22.6. The minimum absolute atomic E-state index is 0.0164. The number of benzene rings is 1. The number of halogens is 1. The molecule has 0 saturated carbocycles. The number of hydrogen-bond acceptors (Lipinski definition) is 4. The Hall–Kier alpha value is -1.11. The van der Waals surface area contributed by atoms with Crippen molar-refractivity contribution in [3.8, 4) is 0 Å². The summed E-state index contributed by atoms with van der Waals surface area (Å²) in [5.74, 6) is 0.368. The molecule has 3 N–H and O–H groups in total. The molecular weight excluding hydrogens is 298 g/mol. The second-order valence-corrected chi connectivity index (χ2v) is 7.79. The molecule has 7 heteroatoms. The molecule has 1 aromatic rings. The highest BCUT2D eigenvalue weighted by Crippen LogP contribution is 2.22. The van der Waals surface area contributed by atoms with E-state index in [-0.39, 0.29) is 23.4 Å². The van der Waals surface area contributed by atoms with Crippen LogP contribution >= 0.6 is 11.6 Å². The molecule has 0 radical (unpaired) electrons. The lowest BCUT2D eigenvalue weighted by Gasteiger charge is -2.33. The first kappa shape index (κ1) is 15.3. The second kappa shape index (κ2) is 5.71. The molecule has 1 aliphatic heterocycles. The van der Waals surface area contributed by atoms with Gasteiger partial charge in [0.15, 0.2) is 9.84 Å². The Balaban J connectivity index is 2.13. The van der Waals surface area contributed by atoms with Crippen LogP contribution < -0.4 is 5.73 Å². The third kappa shape index (κ3) is 3.50. The summed E-state index contributed by atoms with van der Waals surface area (Å²) < 4.78 is 23.1. The van der Waals surface area contributed by atoms with Gasteiger partial charge in [-0.15, -0.1) is 0 Å². The highest BCUT2D eigenvalue weighted by Gasteiger charge is 2.28. The van der Waals surface area contributed by atoms with E-state index >= 15 is 0 Å². The third-order valence-corrected chi connectivity index (χ3v) is 5.69. The predicted octanol–water partition coefficient (Wildman–Crippen LogP) is 1.24. The van der Waals surface area contributed by atoms with Gasteiger partial charge in [0, 0.05) is 29.7 Å². The zero-order valence-electron chi connectivity index (χ0n) is 11.3. The van der Waals surface area contributed by atoms with Crippen molar-refractivity contribution in [1.82, 2.24) is 4.90 Å². The van der Waals surface area contributed by atoms with Crippen molar-refractivity contribution in [1.29, 1.82) is 5.41 Å². The number of nitrogen functional groups attached to an aromatic ring is 1. The van der Waals surface area contributed by atoms with E-state index in [2.05, 4.69) is 4.90 Å².